The number of ether oxygens (including phenoxy) is 2. The summed E-state index contributed by atoms with van der Waals surface area (Å²) in [7, 11) is -4.24. The van der Waals surface area contributed by atoms with E-state index in [1.165, 1.54) is 49.2 Å². The molecule has 1 amide bonds. The number of halogens is 1. The van der Waals surface area contributed by atoms with Crippen LogP contribution in [-0.2, 0) is 21.4 Å². The highest BCUT2D eigenvalue weighted by molar-refractivity contribution is 7.92. The second kappa shape index (κ2) is 11.5. The summed E-state index contributed by atoms with van der Waals surface area (Å²) in [6.07, 6.45) is 2.42. The Bertz CT molecular complexity index is 1430. The van der Waals surface area contributed by atoms with E-state index < -0.39 is 28.3 Å². The molecule has 1 atom stereocenters. The van der Waals surface area contributed by atoms with Crippen LogP contribution in [0.5, 0.6) is 11.5 Å². The first-order chi connectivity index (χ1) is 18.8. The smallest absolute Gasteiger partial charge is 0.264 e. The van der Waals surface area contributed by atoms with E-state index in [1.54, 1.807) is 0 Å². The van der Waals surface area contributed by atoms with Crippen molar-refractivity contribution in [1.82, 2.24) is 5.32 Å². The summed E-state index contributed by atoms with van der Waals surface area (Å²) >= 11 is 0. The van der Waals surface area contributed by atoms with Crippen LogP contribution in [-0.4, -0.2) is 47.2 Å². The highest BCUT2D eigenvalue weighted by Gasteiger charge is 2.29. The number of piperidine rings is 1. The molecule has 1 N–H and O–H groups in total. The molecule has 5 rings (SSSR count). The zero-order chi connectivity index (χ0) is 27.4. The third-order valence-electron chi connectivity index (χ3n) is 6.93. The van der Waals surface area contributed by atoms with E-state index in [1.807, 2.05) is 24.3 Å². The van der Waals surface area contributed by atoms with Gasteiger partial charge in [-0.15, -0.1) is 0 Å². The van der Waals surface area contributed by atoms with Gasteiger partial charge in [-0.2, -0.15) is 0 Å². The van der Waals surface area contributed by atoms with Crippen LogP contribution in [0.3, 0.4) is 0 Å². The zero-order valence-electron chi connectivity index (χ0n) is 21.8. The summed E-state index contributed by atoms with van der Waals surface area (Å²) in [5.74, 6) is 0.273. The van der Waals surface area contributed by atoms with Crippen molar-refractivity contribution in [1.29, 1.82) is 0 Å². The van der Waals surface area contributed by atoms with Gasteiger partial charge in [-0.25, -0.2) is 12.8 Å². The van der Waals surface area contributed by atoms with Crippen molar-refractivity contribution in [3.05, 3.63) is 78.1 Å². The van der Waals surface area contributed by atoms with Gasteiger partial charge in [0.05, 0.1) is 10.6 Å². The maximum atomic E-state index is 14.1. The van der Waals surface area contributed by atoms with Gasteiger partial charge in [0.2, 0.25) is 5.91 Å². The maximum absolute atomic E-state index is 14.1. The number of carbonyl (C=O) groups excluding carboxylic acids is 1. The van der Waals surface area contributed by atoms with Gasteiger partial charge in [0.25, 0.3) is 10.0 Å². The summed E-state index contributed by atoms with van der Waals surface area (Å²) in [5.41, 5.74) is 2.09. The number of fused-ring (bicyclic) bond motifs is 1. The van der Waals surface area contributed by atoms with Gasteiger partial charge < -0.3 is 19.7 Å². The van der Waals surface area contributed by atoms with Gasteiger partial charge in [-0.3, -0.25) is 9.10 Å². The Labute approximate surface area is 228 Å². The molecule has 1 unspecified atom stereocenters. The molecule has 0 aliphatic carbocycles. The Morgan fingerprint density at radius 2 is 1.82 bits per heavy atom. The normalized spacial score (nSPS) is 17.0. The number of hydrogen-bond acceptors (Lipinski definition) is 6. The Balaban J connectivity index is 1.30. The fourth-order valence-electron chi connectivity index (χ4n) is 4.89. The van der Waals surface area contributed by atoms with E-state index in [4.69, 9.17) is 9.47 Å². The third-order valence-corrected chi connectivity index (χ3v) is 8.70. The lowest BCUT2D eigenvalue weighted by molar-refractivity contribution is -0.119. The van der Waals surface area contributed by atoms with Gasteiger partial charge in [-0.05, 0) is 66.8 Å². The molecule has 39 heavy (non-hydrogen) atoms. The first-order valence-corrected chi connectivity index (χ1v) is 14.5. The monoisotopic (exact) mass is 553 g/mol. The average molecular weight is 554 g/mol. The number of carbonyl (C=O) groups is 1. The number of rotatable bonds is 8. The van der Waals surface area contributed by atoms with Crippen molar-refractivity contribution in [2.75, 3.05) is 42.1 Å². The van der Waals surface area contributed by atoms with Crippen molar-refractivity contribution in [3.8, 4) is 11.5 Å². The number of nitrogens with one attached hydrogen (secondary N) is 1. The van der Waals surface area contributed by atoms with E-state index in [-0.39, 0.29) is 17.1 Å². The van der Waals surface area contributed by atoms with Crippen LogP contribution in [0, 0.1) is 11.7 Å². The fourth-order valence-corrected chi connectivity index (χ4v) is 6.32. The van der Waals surface area contributed by atoms with Crippen molar-refractivity contribution in [3.63, 3.8) is 0 Å². The molecule has 0 spiro atoms. The van der Waals surface area contributed by atoms with Crippen LogP contribution in [0.15, 0.2) is 71.6 Å². The summed E-state index contributed by atoms with van der Waals surface area (Å²) in [4.78, 5) is 15.3. The van der Waals surface area contributed by atoms with Gasteiger partial charge >= 0.3 is 0 Å². The SMILES string of the molecule is CC1CCCN(c2ccc(CNC(=O)CN(c3cccc(F)c3)S(=O)(=O)c3ccc4c(c3)OCCO4)cc2)C1. The Hall–Kier alpha value is -3.79. The molecule has 0 aromatic heterocycles. The molecule has 3 aromatic rings. The second-order valence-corrected chi connectivity index (χ2v) is 11.8. The molecule has 1 fully saturated rings. The van der Waals surface area contributed by atoms with E-state index in [9.17, 15) is 17.6 Å². The van der Waals surface area contributed by atoms with Crippen molar-refractivity contribution < 1.29 is 27.1 Å². The van der Waals surface area contributed by atoms with Gasteiger partial charge in [0.1, 0.15) is 25.6 Å². The largest absolute Gasteiger partial charge is 0.486 e. The lowest BCUT2D eigenvalue weighted by Crippen LogP contribution is -2.40. The van der Waals surface area contributed by atoms with Gasteiger partial charge in [0, 0.05) is 31.4 Å². The predicted molar refractivity (Wildman–Crippen MR) is 147 cm³/mol. The lowest BCUT2D eigenvalue weighted by atomic mass is 9.99. The minimum Gasteiger partial charge on any atom is -0.486 e. The predicted octanol–water partition coefficient (Wildman–Crippen LogP) is 4.34. The molecule has 10 heteroatoms. The van der Waals surface area contributed by atoms with Crippen molar-refractivity contribution in [2.24, 2.45) is 5.92 Å². The molecular weight excluding hydrogens is 521 g/mol. The molecule has 2 heterocycles. The van der Waals surface area contributed by atoms with Crippen LogP contribution < -0.4 is 24.0 Å². The Morgan fingerprint density at radius 1 is 1.05 bits per heavy atom. The lowest BCUT2D eigenvalue weighted by Gasteiger charge is -2.32. The standard InChI is InChI=1S/C29H32FN3O5S/c1-21-4-3-13-32(19-21)24-9-7-22(8-10-24)18-31-29(34)20-33(25-6-2-5-23(30)16-25)39(35,36)26-11-12-27-28(17-26)38-15-14-37-27/h2,5-12,16-17,21H,3-4,13-15,18-20H2,1H3,(H,31,34). The van der Waals surface area contributed by atoms with E-state index >= 15 is 0 Å². The van der Waals surface area contributed by atoms with Crippen molar-refractivity contribution >= 4 is 27.3 Å². The Kier molecular flexibility index (Phi) is 7.92. The van der Waals surface area contributed by atoms with Crippen LogP contribution in [0.1, 0.15) is 25.3 Å². The van der Waals surface area contributed by atoms with Crippen LogP contribution in [0.25, 0.3) is 0 Å². The zero-order valence-corrected chi connectivity index (χ0v) is 22.6. The topological polar surface area (TPSA) is 88.2 Å². The van der Waals surface area contributed by atoms with E-state index in [2.05, 4.69) is 17.1 Å². The quantitative estimate of drug-likeness (QED) is 0.447. The first-order valence-electron chi connectivity index (χ1n) is 13.1. The van der Waals surface area contributed by atoms with Crippen LogP contribution in [0.2, 0.25) is 0 Å². The molecular formula is C29H32FN3O5S. The minimum atomic E-state index is -4.24. The molecule has 2 aliphatic heterocycles. The number of sulfonamides is 1. The number of benzene rings is 3. The van der Waals surface area contributed by atoms with Gasteiger partial charge in [-0.1, -0.05) is 25.1 Å². The number of hydrogen-bond donors (Lipinski definition) is 1. The van der Waals surface area contributed by atoms with Crippen LogP contribution in [0.4, 0.5) is 15.8 Å². The van der Waals surface area contributed by atoms with E-state index in [0.29, 0.717) is 30.6 Å². The number of amides is 1. The summed E-state index contributed by atoms with van der Waals surface area (Å²) in [5, 5.41) is 2.80. The summed E-state index contributed by atoms with van der Waals surface area (Å²) in [6.45, 7) is 4.70. The van der Waals surface area contributed by atoms with Gasteiger partial charge in [0.15, 0.2) is 11.5 Å². The molecule has 0 saturated carbocycles. The van der Waals surface area contributed by atoms with Crippen LogP contribution >= 0.6 is 0 Å². The fraction of sp³-hybridized carbons (Fsp3) is 0.345. The number of anilines is 2. The van der Waals surface area contributed by atoms with Crippen molar-refractivity contribution in [2.45, 2.75) is 31.2 Å². The highest BCUT2D eigenvalue weighted by Crippen LogP contribution is 2.34. The highest BCUT2D eigenvalue weighted by atomic mass is 32.2. The molecule has 1 saturated heterocycles. The van der Waals surface area contributed by atoms with E-state index in [0.717, 1.165) is 34.7 Å². The molecule has 2 aliphatic rings. The molecule has 0 radical (unpaired) electrons. The Morgan fingerprint density at radius 3 is 2.56 bits per heavy atom. The number of nitrogens with zero attached hydrogens (tertiary/aromatic N) is 2. The minimum absolute atomic E-state index is 0.0418. The third kappa shape index (κ3) is 6.27. The average Bonchev–Trinajstić information content (AvgIpc) is 2.94. The summed E-state index contributed by atoms with van der Waals surface area (Å²) < 4.78 is 53.3. The second-order valence-electron chi connectivity index (χ2n) is 9.93. The molecule has 8 nitrogen and oxygen atoms in total. The summed E-state index contributed by atoms with van der Waals surface area (Å²) in [6, 6.07) is 17.4. The maximum Gasteiger partial charge on any atom is 0.264 e. The molecule has 206 valence electrons. The molecule has 0 bridgehead atoms. The molecule has 3 aromatic carbocycles. The first kappa shape index (κ1) is 26.8.